The second kappa shape index (κ2) is 6.76. The fraction of sp³-hybridized carbons (Fsp3) is 0.125. The molecule has 4 aromatic rings. The predicted octanol–water partition coefficient (Wildman–Crippen LogP) is 6.02. The zero-order valence-electron chi connectivity index (χ0n) is 15.7. The van der Waals surface area contributed by atoms with Crippen molar-refractivity contribution >= 4 is 27.8 Å². The van der Waals surface area contributed by atoms with Gasteiger partial charge in [-0.25, -0.2) is 4.98 Å². The summed E-state index contributed by atoms with van der Waals surface area (Å²) in [6, 6.07) is 18.3. The molecule has 0 atom stereocenters. The van der Waals surface area contributed by atoms with Gasteiger partial charge in [0.1, 0.15) is 11.5 Å². The Balaban J connectivity index is 2.17. The molecular formula is C24H21NO2. The van der Waals surface area contributed by atoms with Crippen LogP contribution in [0.15, 0.2) is 61.2 Å². The van der Waals surface area contributed by atoms with E-state index >= 15 is 0 Å². The molecule has 0 unspecified atom stereocenters. The standard InChI is InChI=1S/C24H21NO2/c1-5-16-9-10-17(26-3)13-20(16)24-23-15(2)7-6-8-19(23)21-14-18(27-4)11-12-22(21)25-24/h5-14H,1H2,2-4H3. The third kappa shape index (κ3) is 2.81. The predicted molar refractivity (Wildman–Crippen MR) is 113 cm³/mol. The molecule has 0 aliphatic heterocycles. The Bertz CT molecular complexity index is 1180. The van der Waals surface area contributed by atoms with Gasteiger partial charge in [-0.2, -0.15) is 0 Å². The minimum absolute atomic E-state index is 0.800. The first-order valence-electron chi connectivity index (χ1n) is 8.84. The van der Waals surface area contributed by atoms with Crippen LogP contribution in [0.2, 0.25) is 0 Å². The molecule has 0 amide bonds. The second-order valence-electron chi connectivity index (χ2n) is 6.50. The van der Waals surface area contributed by atoms with E-state index in [1.807, 2.05) is 42.5 Å². The van der Waals surface area contributed by atoms with Crippen LogP contribution in [0.3, 0.4) is 0 Å². The van der Waals surface area contributed by atoms with Crippen LogP contribution in [0, 0.1) is 6.92 Å². The van der Waals surface area contributed by atoms with E-state index < -0.39 is 0 Å². The SMILES string of the molecule is C=Cc1ccc(OC)cc1-c1nc2ccc(OC)cc2c2cccc(C)c12. The molecule has 0 fully saturated rings. The summed E-state index contributed by atoms with van der Waals surface area (Å²) in [5, 5.41) is 3.38. The van der Waals surface area contributed by atoms with Crippen molar-refractivity contribution in [3.63, 3.8) is 0 Å². The molecule has 134 valence electrons. The number of ether oxygens (including phenoxy) is 2. The van der Waals surface area contributed by atoms with Gasteiger partial charge in [-0.05, 0) is 53.8 Å². The molecule has 0 aliphatic rings. The van der Waals surface area contributed by atoms with Crippen LogP contribution in [-0.4, -0.2) is 19.2 Å². The fourth-order valence-electron chi connectivity index (χ4n) is 3.58. The van der Waals surface area contributed by atoms with Gasteiger partial charge in [-0.3, -0.25) is 0 Å². The first kappa shape index (κ1) is 17.1. The average molecular weight is 355 g/mol. The highest BCUT2D eigenvalue weighted by molar-refractivity contribution is 6.12. The molecule has 3 nitrogen and oxygen atoms in total. The van der Waals surface area contributed by atoms with Gasteiger partial charge in [0.15, 0.2) is 0 Å². The van der Waals surface area contributed by atoms with Gasteiger partial charge >= 0.3 is 0 Å². The topological polar surface area (TPSA) is 31.4 Å². The maximum absolute atomic E-state index is 5.46. The number of rotatable bonds is 4. The molecule has 0 saturated carbocycles. The van der Waals surface area contributed by atoms with E-state index in [4.69, 9.17) is 14.5 Å². The summed E-state index contributed by atoms with van der Waals surface area (Å²) in [5.74, 6) is 1.63. The molecule has 27 heavy (non-hydrogen) atoms. The molecule has 0 radical (unpaired) electrons. The van der Waals surface area contributed by atoms with E-state index in [9.17, 15) is 0 Å². The van der Waals surface area contributed by atoms with Crippen molar-refractivity contribution in [3.05, 3.63) is 72.3 Å². The summed E-state index contributed by atoms with van der Waals surface area (Å²) >= 11 is 0. The summed E-state index contributed by atoms with van der Waals surface area (Å²) in [6.45, 7) is 6.09. The first-order valence-corrected chi connectivity index (χ1v) is 8.84. The molecule has 0 bridgehead atoms. The van der Waals surface area contributed by atoms with Crippen LogP contribution in [0.5, 0.6) is 11.5 Å². The van der Waals surface area contributed by atoms with E-state index in [2.05, 4.69) is 31.7 Å². The lowest BCUT2D eigenvalue weighted by molar-refractivity contribution is 0.415. The monoisotopic (exact) mass is 355 g/mol. The van der Waals surface area contributed by atoms with Crippen molar-refractivity contribution in [1.29, 1.82) is 0 Å². The Morgan fingerprint density at radius 1 is 0.889 bits per heavy atom. The smallest absolute Gasteiger partial charge is 0.119 e. The van der Waals surface area contributed by atoms with Crippen molar-refractivity contribution in [2.24, 2.45) is 0 Å². The minimum Gasteiger partial charge on any atom is -0.497 e. The number of fused-ring (bicyclic) bond motifs is 3. The van der Waals surface area contributed by atoms with E-state index in [1.54, 1.807) is 14.2 Å². The number of pyridine rings is 1. The third-order valence-electron chi connectivity index (χ3n) is 4.97. The van der Waals surface area contributed by atoms with E-state index in [-0.39, 0.29) is 0 Å². The Hall–Kier alpha value is -3.33. The lowest BCUT2D eigenvalue weighted by Gasteiger charge is -2.15. The molecule has 0 saturated heterocycles. The third-order valence-corrected chi connectivity index (χ3v) is 4.97. The largest absolute Gasteiger partial charge is 0.497 e. The molecular weight excluding hydrogens is 334 g/mol. The summed E-state index contributed by atoms with van der Waals surface area (Å²) in [6.07, 6.45) is 1.86. The molecule has 0 aliphatic carbocycles. The summed E-state index contributed by atoms with van der Waals surface area (Å²) in [4.78, 5) is 5.03. The van der Waals surface area contributed by atoms with Crippen LogP contribution in [0.25, 0.3) is 39.0 Å². The van der Waals surface area contributed by atoms with Crippen LogP contribution < -0.4 is 9.47 Å². The number of aryl methyl sites for hydroxylation is 1. The number of benzene rings is 3. The first-order chi connectivity index (χ1) is 13.2. The van der Waals surface area contributed by atoms with Gasteiger partial charge in [0.2, 0.25) is 0 Å². The number of hydrogen-bond donors (Lipinski definition) is 0. The molecule has 1 heterocycles. The van der Waals surface area contributed by atoms with E-state index in [0.29, 0.717) is 0 Å². The normalized spacial score (nSPS) is 10.9. The Labute approximate surface area is 158 Å². The highest BCUT2D eigenvalue weighted by Crippen LogP contribution is 2.38. The lowest BCUT2D eigenvalue weighted by atomic mass is 9.94. The summed E-state index contributed by atoms with van der Waals surface area (Å²) < 4.78 is 10.9. The van der Waals surface area contributed by atoms with Gasteiger partial charge in [0.05, 0.1) is 25.4 Å². The molecule has 0 N–H and O–H groups in total. The number of nitrogens with zero attached hydrogens (tertiary/aromatic N) is 1. The zero-order valence-corrected chi connectivity index (χ0v) is 15.7. The average Bonchev–Trinajstić information content (AvgIpc) is 2.72. The maximum Gasteiger partial charge on any atom is 0.119 e. The van der Waals surface area contributed by atoms with Crippen molar-refractivity contribution in [3.8, 4) is 22.8 Å². The van der Waals surface area contributed by atoms with Gasteiger partial charge < -0.3 is 9.47 Å². The summed E-state index contributed by atoms with van der Waals surface area (Å²) in [5.41, 5.74) is 5.09. The van der Waals surface area contributed by atoms with Crippen LogP contribution in [0.1, 0.15) is 11.1 Å². The lowest BCUT2D eigenvalue weighted by Crippen LogP contribution is -1.95. The molecule has 1 aromatic heterocycles. The van der Waals surface area contributed by atoms with E-state index in [1.165, 1.54) is 5.56 Å². The summed E-state index contributed by atoms with van der Waals surface area (Å²) in [7, 11) is 3.36. The minimum atomic E-state index is 0.800. The van der Waals surface area contributed by atoms with Crippen LogP contribution in [-0.2, 0) is 0 Å². The van der Waals surface area contributed by atoms with Gasteiger partial charge in [0, 0.05) is 16.3 Å². The Kier molecular flexibility index (Phi) is 4.28. The van der Waals surface area contributed by atoms with Crippen molar-refractivity contribution in [2.75, 3.05) is 14.2 Å². The van der Waals surface area contributed by atoms with Gasteiger partial charge in [-0.15, -0.1) is 0 Å². The van der Waals surface area contributed by atoms with Gasteiger partial charge in [0.25, 0.3) is 0 Å². The Morgan fingerprint density at radius 3 is 2.37 bits per heavy atom. The van der Waals surface area contributed by atoms with Crippen LogP contribution in [0.4, 0.5) is 0 Å². The van der Waals surface area contributed by atoms with Crippen molar-refractivity contribution in [1.82, 2.24) is 4.98 Å². The Morgan fingerprint density at radius 2 is 1.63 bits per heavy atom. The number of aromatic nitrogens is 1. The highest BCUT2D eigenvalue weighted by Gasteiger charge is 2.15. The van der Waals surface area contributed by atoms with Crippen molar-refractivity contribution < 1.29 is 9.47 Å². The number of methoxy groups -OCH3 is 2. The number of hydrogen-bond acceptors (Lipinski definition) is 3. The highest BCUT2D eigenvalue weighted by atomic mass is 16.5. The maximum atomic E-state index is 5.46. The van der Waals surface area contributed by atoms with Crippen molar-refractivity contribution in [2.45, 2.75) is 6.92 Å². The molecule has 4 rings (SSSR count). The fourth-order valence-corrected chi connectivity index (χ4v) is 3.58. The zero-order chi connectivity index (χ0) is 19.0. The quantitative estimate of drug-likeness (QED) is 0.419. The van der Waals surface area contributed by atoms with Gasteiger partial charge in [-0.1, -0.05) is 36.9 Å². The van der Waals surface area contributed by atoms with E-state index in [0.717, 1.165) is 50.0 Å². The molecule has 0 spiro atoms. The second-order valence-corrected chi connectivity index (χ2v) is 6.50. The molecule has 3 heteroatoms. The molecule has 3 aromatic carbocycles. The van der Waals surface area contributed by atoms with Crippen LogP contribution >= 0.6 is 0 Å².